The predicted octanol–water partition coefficient (Wildman–Crippen LogP) is 2.18. The van der Waals surface area contributed by atoms with Crippen LogP contribution in [0.5, 0.6) is 5.75 Å². The summed E-state index contributed by atoms with van der Waals surface area (Å²) < 4.78 is 5.52. The molecule has 0 spiro atoms. The second kappa shape index (κ2) is 3.93. The number of carbonyl (C=O) groups is 1. The molecule has 1 aromatic rings. The average molecular weight is 205 g/mol. The zero-order valence-corrected chi connectivity index (χ0v) is 9.04. The zero-order chi connectivity index (χ0) is 10.8. The third-order valence-corrected chi connectivity index (χ3v) is 2.79. The second-order valence-corrected chi connectivity index (χ2v) is 3.86. The first kappa shape index (κ1) is 10.0. The number of anilines is 1. The molecule has 15 heavy (non-hydrogen) atoms. The number of hydrogen-bond acceptors (Lipinski definition) is 3. The fourth-order valence-electron chi connectivity index (χ4n) is 1.66. The Balaban J connectivity index is 2.31. The Labute approximate surface area is 89.4 Å². The minimum atomic E-state index is -0.0548. The number of rotatable bonds is 2. The number of ether oxygens (including phenoxy) is 1. The minimum absolute atomic E-state index is 0.0548. The van der Waals surface area contributed by atoms with Crippen LogP contribution in [0.2, 0.25) is 0 Å². The molecule has 0 saturated carbocycles. The lowest BCUT2D eigenvalue weighted by molar-refractivity contribution is -0.118. The summed E-state index contributed by atoms with van der Waals surface area (Å²) in [7, 11) is 0. The Morgan fingerprint density at radius 2 is 2.33 bits per heavy atom. The molecule has 3 heteroatoms. The third-order valence-electron chi connectivity index (χ3n) is 2.79. The van der Waals surface area contributed by atoms with Gasteiger partial charge in [0.15, 0.2) is 0 Å². The molecule has 1 atom stereocenters. The Kier molecular flexibility index (Phi) is 2.62. The van der Waals surface area contributed by atoms with E-state index in [9.17, 15) is 4.79 Å². The second-order valence-electron chi connectivity index (χ2n) is 3.86. The molecule has 0 bridgehead atoms. The number of carbonyl (C=O) groups excluding carboxylic acids is 1. The number of ketones is 1. The largest absolute Gasteiger partial charge is 0.490 e. The molecule has 0 radical (unpaired) electrons. The minimum Gasteiger partial charge on any atom is -0.490 e. The van der Waals surface area contributed by atoms with Crippen LogP contribution >= 0.6 is 0 Å². The van der Waals surface area contributed by atoms with Gasteiger partial charge in [-0.3, -0.25) is 4.79 Å². The van der Waals surface area contributed by atoms with Gasteiger partial charge in [-0.2, -0.15) is 0 Å². The van der Waals surface area contributed by atoms with E-state index in [4.69, 9.17) is 4.74 Å². The summed E-state index contributed by atoms with van der Waals surface area (Å²) in [6, 6.07) is 5.91. The highest BCUT2D eigenvalue weighted by atomic mass is 16.5. The van der Waals surface area contributed by atoms with Gasteiger partial charge in [0.05, 0.1) is 5.69 Å². The van der Waals surface area contributed by atoms with Gasteiger partial charge in [-0.05, 0) is 24.6 Å². The van der Waals surface area contributed by atoms with Crippen molar-refractivity contribution in [2.45, 2.75) is 19.8 Å². The molecular weight excluding hydrogens is 190 g/mol. The van der Waals surface area contributed by atoms with E-state index in [1.165, 1.54) is 0 Å². The first-order chi connectivity index (χ1) is 7.18. The van der Waals surface area contributed by atoms with Crippen molar-refractivity contribution in [2.24, 2.45) is 0 Å². The summed E-state index contributed by atoms with van der Waals surface area (Å²) in [5.41, 5.74) is 2.03. The van der Waals surface area contributed by atoms with Crippen molar-refractivity contribution in [1.29, 1.82) is 0 Å². The highest BCUT2D eigenvalue weighted by molar-refractivity contribution is 5.83. The summed E-state index contributed by atoms with van der Waals surface area (Å²) in [5.74, 6) is 0.978. The van der Waals surface area contributed by atoms with E-state index in [2.05, 4.69) is 5.32 Å². The van der Waals surface area contributed by atoms with Crippen LogP contribution in [0.4, 0.5) is 5.69 Å². The normalized spacial score (nSPS) is 15.9. The highest BCUT2D eigenvalue weighted by Gasteiger charge is 2.15. The van der Waals surface area contributed by atoms with Gasteiger partial charge >= 0.3 is 0 Å². The van der Waals surface area contributed by atoms with Crippen molar-refractivity contribution in [2.75, 3.05) is 18.5 Å². The van der Waals surface area contributed by atoms with E-state index in [0.717, 1.165) is 23.5 Å². The lowest BCUT2D eigenvalue weighted by atomic mass is 9.97. The van der Waals surface area contributed by atoms with Crippen LogP contribution in [0.15, 0.2) is 18.2 Å². The molecule has 1 N–H and O–H groups in total. The molecule has 1 aromatic carbocycles. The van der Waals surface area contributed by atoms with E-state index in [1.54, 1.807) is 6.92 Å². The van der Waals surface area contributed by atoms with Gasteiger partial charge in [0.25, 0.3) is 0 Å². The van der Waals surface area contributed by atoms with Crippen LogP contribution in [0.1, 0.15) is 25.3 Å². The molecule has 0 amide bonds. The molecular formula is C12H15NO2. The number of Topliss-reactive ketones (excluding diaryl/α,β-unsaturated/α-hetero) is 1. The highest BCUT2D eigenvalue weighted by Crippen LogP contribution is 2.30. The first-order valence-electron chi connectivity index (χ1n) is 5.19. The van der Waals surface area contributed by atoms with Crippen molar-refractivity contribution < 1.29 is 9.53 Å². The van der Waals surface area contributed by atoms with Crippen LogP contribution < -0.4 is 10.1 Å². The SMILES string of the molecule is CC(=O)C(C)c1ccc2c(c1)OCCN2. The number of hydrogen-bond donors (Lipinski definition) is 1. The van der Waals surface area contributed by atoms with Crippen molar-refractivity contribution in [1.82, 2.24) is 0 Å². The summed E-state index contributed by atoms with van der Waals surface area (Å²) in [4.78, 5) is 11.3. The van der Waals surface area contributed by atoms with E-state index in [1.807, 2.05) is 25.1 Å². The molecule has 1 unspecified atom stereocenters. The quantitative estimate of drug-likeness (QED) is 0.804. The Morgan fingerprint density at radius 1 is 1.53 bits per heavy atom. The maximum Gasteiger partial charge on any atom is 0.142 e. The summed E-state index contributed by atoms with van der Waals surface area (Å²) >= 11 is 0. The van der Waals surface area contributed by atoms with Crippen molar-refractivity contribution in [3.8, 4) is 5.75 Å². The molecule has 1 aliphatic heterocycles. The molecule has 2 rings (SSSR count). The molecule has 0 aliphatic carbocycles. The van der Waals surface area contributed by atoms with E-state index in [-0.39, 0.29) is 11.7 Å². The van der Waals surface area contributed by atoms with Gasteiger partial charge in [-0.1, -0.05) is 13.0 Å². The summed E-state index contributed by atoms with van der Waals surface area (Å²) in [5, 5.41) is 3.25. The van der Waals surface area contributed by atoms with Gasteiger partial charge in [-0.25, -0.2) is 0 Å². The van der Waals surface area contributed by atoms with Gasteiger partial charge in [0.2, 0.25) is 0 Å². The molecule has 1 aliphatic rings. The lowest BCUT2D eigenvalue weighted by Crippen LogP contribution is -2.18. The maximum absolute atomic E-state index is 11.3. The van der Waals surface area contributed by atoms with Gasteiger partial charge in [0, 0.05) is 12.5 Å². The molecule has 0 aromatic heterocycles. The lowest BCUT2D eigenvalue weighted by Gasteiger charge is -2.20. The van der Waals surface area contributed by atoms with Crippen molar-refractivity contribution in [3.05, 3.63) is 23.8 Å². The zero-order valence-electron chi connectivity index (χ0n) is 9.04. The Bertz CT molecular complexity index is 387. The number of nitrogens with one attached hydrogen (secondary N) is 1. The van der Waals surface area contributed by atoms with Crippen LogP contribution in [0.25, 0.3) is 0 Å². The Hall–Kier alpha value is -1.51. The average Bonchev–Trinajstić information content (AvgIpc) is 2.27. The fourth-order valence-corrected chi connectivity index (χ4v) is 1.66. The Morgan fingerprint density at radius 3 is 3.07 bits per heavy atom. The van der Waals surface area contributed by atoms with Gasteiger partial charge in [-0.15, -0.1) is 0 Å². The van der Waals surface area contributed by atoms with Crippen LogP contribution in [-0.2, 0) is 4.79 Å². The molecule has 80 valence electrons. The predicted molar refractivity (Wildman–Crippen MR) is 59.5 cm³/mol. The van der Waals surface area contributed by atoms with Crippen molar-refractivity contribution >= 4 is 11.5 Å². The topological polar surface area (TPSA) is 38.3 Å². The van der Waals surface area contributed by atoms with Crippen LogP contribution in [0, 0.1) is 0 Å². The molecule has 0 saturated heterocycles. The standard InChI is InChI=1S/C12H15NO2/c1-8(9(2)14)10-3-4-11-12(7-10)15-6-5-13-11/h3-4,7-8,13H,5-6H2,1-2H3. The van der Waals surface area contributed by atoms with E-state index >= 15 is 0 Å². The number of benzene rings is 1. The summed E-state index contributed by atoms with van der Waals surface area (Å²) in [6.07, 6.45) is 0. The fraction of sp³-hybridized carbons (Fsp3) is 0.417. The number of fused-ring (bicyclic) bond motifs is 1. The van der Waals surface area contributed by atoms with Gasteiger partial charge in [0.1, 0.15) is 18.1 Å². The van der Waals surface area contributed by atoms with Crippen molar-refractivity contribution in [3.63, 3.8) is 0 Å². The van der Waals surface area contributed by atoms with Crippen LogP contribution in [-0.4, -0.2) is 18.9 Å². The van der Waals surface area contributed by atoms with E-state index in [0.29, 0.717) is 6.61 Å². The molecule has 0 fully saturated rings. The first-order valence-corrected chi connectivity index (χ1v) is 5.19. The maximum atomic E-state index is 11.3. The molecule has 3 nitrogen and oxygen atoms in total. The van der Waals surface area contributed by atoms with E-state index < -0.39 is 0 Å². The molecule has 1 heterocycles. The third kappa shape index (κ3) is 1.96. The summed E-state index contributed by atoms with van der Waals surface area (Å²) in [6.45, 7) is 5.06. The van der Waals surface area contributed by atoms with Crippen LogP contribution in [0.3, 0.4) is 0 Å². The smallest absolute Gasteiger partial charge is 0.142 e. The van der Waals surface area contributed by atoms with Gasteiger partial charge < -0.3 is 10.1 Å². The monoisotopic (exact) mass is 205 g/mol.